The van der Waals surface area contributed by atoms with Crippen LogP contribution in [0.3, 0.4) is 0 Å². The molecule has 1 aliphatic heterocycles. The van der Waals surface area contributed by atoms with Gasteiger partial charge < -0.3 is 5.02 Å². The van der Waals surface area contributed by atoms with Gasteiger partial charge in [-0.1, -0.05) is 24.3 Å². The number of fused-ring (bicyclic) bond motifs is 1. The molecule has 0 radical (unpaired) electrons. The average molecular weight is 306 g/mol. The molecule has 0 fully saturated rings. The van der Waals surface area contributed by atoms with Crippen LogP contribution in [0.2, 0.25) is 0 Å². The van der Waals surface area contributed by atoms with E-state index in [1.54, 1.807) is 31.2 Å². The fourth-order valence-corrected chi connectivity index (χ4v) is 4.26. The van der Waals surface area contributed by atoms with E-state index < -0.39 is 17.1 Å². The number of sulfonamides is 1. The highest BCUT2D eigenvalue weighted by molar-refractivity contribution is 7.90. The third kappa shape index (κ3) is 1.96. The van der Waals surface area contributed by atoms with Crippen LogP contribution >= 0.6 is 11.3 Å². The Morgan fingerprint density at radius 3 is 2.65 bits per heavy atom. The molecule has 102 valence electrons. The second kappa shape index (κ2) is 4.73. The second-order valence-corrected chi connectivity index (χ2v) is 7.07. The van der Waals surface area contributed by atoms with Gasteiger partial charge in [0.15, 0.2) is 0 Å². The molecule has 2 aromatic rings. The van der Waals surface area contributed by atoms with E-state index in [-0.39, 0.29) is 4.90 Å². The molecule has 1 aliphatic rings. The lowest BCUT2D eigenvalue weighted by molar-refractivity contribution is 0.475. The fraction of sp³-hybridized carbons (Fsp3) is 0.0833. The van der Waals surface area contributed by atoms with Gasteiger partial charge in [0, 0.05) is 4.88 Å². The summed E-state index contributed by atoms with van der Waals surface area (Å²) in [5.41, 5.74) is 1.15. The van der Waals surface area contributed by atoms with E-state index in [4.69, 9.17) is 0 Å². The Labute approximate surface area is 121 Å². The van der Waals surface area contributed by atoms with Gasteiger partial charge in [0.05, 0.1) is 10.6 Å². The van der Waals surface area contributed by atoms with Crippen molar-refractivity contribution in [3.63, 3.8) is 0 Å². The first-order valence-corrected chi connectivity index (χ1v) is 8.24. The van der Waals surface area contributed by atoms with Gasteiger partial charge in [-0.3, -0.25) is 0 Å². The number of benzene rings is 1. The van der Waals surface area contributed by atoms with Crippen LogP contribution in [0.4, 0.5) is 0 Å². The standard InChI is InChI=1S/C12H11BN2O3S2/c1-9-12-11(7-8-19-12)13(16)15(14-9)20(17,18)10-5-3-2-4-6-10/h2-8,16H,1H3. The Hall–Kier alpha value is -1.64. The van der Waals surface area contributed by atoms with E-state index in [2.05, 4.69) is 5.10 Å². The van der Waals surface area contributed by atoms with Gasteiger partial charge in [0.25, 0.3) is 10.0 Å². The van der Waals surface area contributed by atoms with Crippen LogP contribution in [0.15, 0.2) is 51.8 Å². The molecular weight excluding hydrogens is 295 g/mol. The van der Waals surface area contributed by atoms with E-state index in [1.165, 1.54) is 23.5 Å². The minimum Gasteiger partial charge on any atom is -0.427 e. The molecule has 1 aromatic carbocycles. The molecule has 8 heteroatoms. The van der Waals surface area contributed by atoms with Gasteiger partial charge in [-0.2, -0.15) is 9.43 Å². The summed E-state index contributed by atoms with van der Waals surface area (Å²) in [4.78, 5) is 0.922. The minimum atomic E-state index is -3.86. The normalized spacial score (nSPS) is 15.0. The van der Waals surface area contributed by atoms with E-state index in [0.717, 1.165) is 9.20 Å². The molecular formula is C12H11BN2O3S2. The Kier molecular flexibility index (Phi) is 3.16. The monoisotopic (exact) mass is 306 g/mol. The predicted octanol–water partition coefficient (Wildman–Crippen LogP) is 0.864. The topological polar surface area (TPSA) is 70.0 Å². The first-order chi connectivity index (χ1) is 9.51. The van der Waals surface area contributed by atoms with Crippen LogP contribution in [0, 0.1) is 0 Å². The Balaban J connectivity index is 2.10. The highest BCUT2D eigenvalue weighted by Crippen LogP contribution is 2.22. The maximum Gasteiger partial charge on any atom is 0.485 e. The molecule has 0 bridgehead atoms. The summed E-state index contributed by atoms with van der Waals surface area (Å²) < 4.78 is 25.8. The van der Waals surface area contributed by atoms with Crippen molar-refractivity contribution in [2.75, 3.05) is 0 Å². The van der Waals surface area contributed by atoms with Crippen molar-refractivity contribution < 1.29 is 13.4 Å². The van der Waals surface area contributed by atoms with E-state index in [9.17, 15) is 13.4 Å². The lowest BCUT2D eigenvalue weighted by atomic mass is 9.74. The molecule has 0 saturated heterocycles. The number of hydrogen-bond acceptors (Lipinski definition) is 5. The van der Waals surface area contributed by atoms with Crippen LogP contribution in [0.25, 0.3) is 0 Å². The summed E-state index contributed by atoms with van der Waals surface area (Å²) in [5.74, 6) is 0. The summed E-state index contributed by atoms with van der Waals surface area (Å²) in [6.45, 7) is 1.73. The molecule has 0 saturated carbocycles. The number of hydrogen-bond donors (Lipinski definition) is 1. The number of nitrogens with zero attached hydrogens (tertiary/aromatic N) is 2. The zero-order chi connectivity index (χ0) is 14.3. The van der Waals surface area contributed by atoms with Crippen molar-refractivity contribution >= 4 is 39.6 Å². The molecule has 0 spiro atoms. The Bertz CT molecular complexity index is 771. The summed E-state index contributed by atoms with van der Waals surface area (Å²) in [5, 5.41) is 16.1. The van der Waals surface area contributed by atoms with E-state index in [1.807, 2.05) is 5.38 Å². The van der Waals surface area contributed by atoms with Gasteiger partial charge in [0.2, 0.25) is 0 Å². The molecule has 2 heterocycles. The van der Waals surface area contributed by atoms with Crippen LogP contribution < -0.4 is 5.46 Å². The number of thiophene rings is 1. The van der Waals surface area contributed by atoms with Crippen LogP contribution in [0.1, 0.15) is 11.8 Å². The smallest absolute Gasteiger partial charge is 0.427 e. The molecule has 0 atom stereocenters. The third-order valence-electron chi connectivity index (χ3n) is 3.05. The third-order valence-corrected chi connectivity index (χ3v) is 5.73. The lowest BCUT2D eigenvalue weighted by Gasteiger charge is -2.26. The highest BCUT2D eigenvalue weighted by Gasteiger charge is 2.40. The molecule has 0 unspecified atom stereocenters. The Morgan fingerprint density at radius 2 is 1.95 bits per heavy atom. The first kappa shape index (κ1) is 13.4. The Morgan fingerprint density at radius 1 is 1.25 bits per heavy atom. The minimum absolute atomic E-state index is 0.106. The zero-order valence-electron chi connectivity index (χ0n) is 10.6. The predicted molar refractivity (Wildman–Crippen MR) is 79.6 cm³/mol. The maximum absolute atomic E-state index is 12.5. The van der Waals surface area contributed by atoms with Gasteiger partial charge in [-0.15, -0.1) is 11.3 Å². The van der Waals surface area contributed by atoms with Crippen molar-refractivity contribution in [1.82, 2.24) is 4.33 Å². The number of rotatable bonds is 2. The quantitative estimate of drug-likeness (QED) is 0.837. The second-order valence-electron chi connectivity index (χ2n) is 4.35. The van der Waals surface area contributed by atoms with Gasteiger partial charge in [0.1, 0.15) is 0 Å². The molecule has 1 aromatic heterocycles. The molecule has 3 rings (SSSR count). The highest BCUT2D eigenvalue weighted by atomic mass is 32.2. The molecule has 20 heavy (non-hydrogen) atoms. The van der Waals surface area contributed by atoms with Crippen LogP contribution in [0.5, 0.6) is 0 Å². The van der Waals surface area contributed by atoms with Crippen molar-refractivity contribution in [3.05, 3.63) is 46.7 Å². The SMILES string of the molecule is CC1=NN(S(=O)(=O)c2ccccc2)B(O)c2ccsc21. The molecule has 0 aliphatic carbocycles. The summed E-state index contributed by atoms with van der Waals surface area (Å²) in [6, 6.07) is 9.69. The fourth-order valence-electron chi connectivity index (χ4n) is 2.07. The van der Waals surface area contributed by atoms with Crippen molar-refractivity contribution in [2.24, 2.45) is 5.10 Å². The summed E-state index contributed by atoms with van der Waals surface area (Å²) >= 11 is 1.43. The molecule has 5 nitrogen and oxygen atoms in total. The van der Waals surface area contributed by atoms with Gasteiger partial charge in [-0.05, 0) is 29.9 Å². The van der Waals surface area contributed by atoms with Crippen molar-refractivity contribution in [3.8, 4) is 0 Å². The zero-order valence-corrected chi connectivity index (χ0v) is 12.2. The van der Waals surface area contributed by atoms with Crippen molar-refractivity contribution in [2.45, 2.75) is 11.8 Å². The van der Waals surface area contributed by atoms with Gasteiger partial charge in [-0.25, -0.2) is 8.42 Å². The van der Waals surface area contributed by atoms with Crippen LogP contribution in [-0.4, -0.2) is 30.5 Å². The van der Waals surface area contributed by atoms with Crippen molar-refractivity contribution in [1.29, 1.82) is 0 Å². The lowest BCUT2D eigenvalue weighted by Crippen LogP contribution is -2.52. The van der Waals surface area contributed by atoms with Gasteiger partial charge >= 0.3 is 7.05 Å². The molecule has 0 amide bonds. The summed E-state index contributed by atoms with van der Waals surface area (Å²) in [6.07, 6.45) is 0. The summed E-state index contributed by atoms with van der Waals surface area (Å²) in [7, 11) is -5.15. The largest absolute Gasteiger partial charge is 0.485 e. The first-order valence-electron chi connectivity index (χ1n) is 5.92. The number of hydrazone groups is 1. The van der Waals surface area contributed by atoms with Crippen LogP contribution in [-0.2, 0) is 10.0 Å². The maximum atomic E-state index is 12.5. The van der Waals surface area contributed by atoms with E-state index >= 15 is 0 Å². The molecule has 1 N–H and O–H groups in total. The average Bonchev–Trinajstić information content (AvgIpc) is 2.94. The van der Waals surface area contributed by atoms with E-state index in [0.29, 0.717) is 11.2 Å².